The topological polar surface area (TPSA) is 30.7 Å². The summed E-state index contributed by atoms with van der Waals surface area (Å²) in [5, 5.41) is 5.51. The third-order valence-corrected chi connectivity index (χ3v) is 4.59. The third-order valence-electron chi connectivity index (χ3n) is 3.75. The van der Waals surface area contributed by atoms with Crippen LogP contribution in [0, 0.1) is 18.8 Å². The molecule has 0 N–H and O–H groups in total. The third kappa shape index (κ3) is 2.42. The molecule has 0 spiro atoms. The molecule has 3 nitrogen and oxygen atoms in total. The van der Waals surface area contributed by atoms with Gasteiger partial charge in [0.15, 0.2) is 0 Å². The summed E-state index contributed by atoms with van der Waals surface area (Å²) < 4.78 is 2.98. The zero-order valence-electron chi connectivity index (χ0n) is 11.3. The summed E-state index contributed by atoms with van der Waals surface area (Å²) in [6.45, 7) is 4.94. The largest absolute Gasteiger partial charge is 0.262 e. The van der Waals surface area contributed by atoms with Crippen LogP contribution in [0.3, 0.4) is 0 Å². The molecule has 2 aromatic heterocycles. The number of hydrogen-bond donors (Lipinski definition) is 0. The highest BCUT2D eigenvalue weighted by atomic mass is 79.9. The number of fused-ring (bicyclic) bond motifs is 1. The second kappa shape index (κ2) is 5.34. The van der Waals surface area contributed by atoms with Crippen LogP contribution in [-0.4, -0.2) is 14.8 Å². The second-order valence-electron chi connectivity index (χ2n) is 5.19. The fourth-order valence-electron chi connectivity index (χ4n) is 2.60. The van der Waals surface area contributed by atoms with Gasteiger partial charge in [-0.1, -0.05) is 30.7 Å². The maximum absolute atomic E-state index is 6.36. The van der Waals surface area contributed by atoms with E-state index in [0.29, 0.717) is 5.92 Å². The van der Waals surface area contributed by atoms with Crippen molar-refractivity contribution in [2.75, 3.05) is 0 Å². The summed E-state index contributed by atoms with van der Waals surface area (Å²) in [5.74, 6) is 0.676. The average Bonchev–Trinajstić information content (AvgIpc) is 2.70. The Labute approximate surface area is 131 Å². The number of hydrogen-bond acceptors (Lipinski definition) is 2. The molecule has 3 rings (SSSR count). The van der Waals surface area contributed by atoms with Gasteiger partial charge in [0, 0.05) is 28.2 Å². The van der Waals surface area contributed by atoms with Gasteiger partial charge in [-0.3, -0.25) is 9.67 Å². The Morgan fingerprint density at radius 1 is 1.45 bits per heavy atom. The summed E-state index contributed by atoms with van der Waals surface area (Å²) in [7, 11) is 0. The minimum Gasteiger partial charge on any atom is -0.262 e. The minimum absolute atomic E-state index is 0.267. The molecule has 5 heteroatoms. The van der Waals surface area contributed by atoms with E-state index in [4.69, 9.17) is 11.6 Å². The van der Waals surface area contributed by atoms with E-state index in [2.05, 4.69) is 45.1 Å². The van der Waals surface area contributed by atoms with Crippen LogP contribution in [-0.2, 0) is 6.54 Å². The smallest absolute Gasteiger partial charge is 0.111 e. The van der Waals surface area contributed by atoms with Crippen molar-refractivity contribution in [2.24, 2.45) is 11.8 Å². The van der Waals surface area contributed by atoms with E-state index in [1.807, 2.05) is 23.8 Å². The number of allylic oxidation sites excluding steroid dienone is 4. The monoisotopic (exact) mass is 351 g/mol. The summed E-state index contributed by atoms with van der Waals surface area (Å²) in [6.07, 6.45) is 7.98. The van der Waals surface area contributed by atoms with E-state index in [-0.39, 0.29) is 5.92 Å². The lowest BCUT2D eigenvalue weighted by molar-refractivity contribution is 0.411. The highest BCUT2D eigenvalue weighted by Crippen LogP contribution is 2.31. The van der Waals surface area contributed by atoms with Crippen LogP contribution in [0.25, 0.3) is 11.0 Å². The van der Waals surface area contributed by atoms with Crippen LogP contribution >= 0.6 is 27.5 Å². The molecule has 0 amide bonds. The van der Waals surface area contributed by atoms with Gasteiger partial charge in [0.25, 0.3) is 0 Å². The molecule has 20 heavy (non-hydrogen) atoms. The fraction of sp³-hybridized carbons (Fsp3) is 0.333. The molecule has 2 aromatic rings. The predicted molar refractivity (Wildman–Crippen MR) is 85.7 cm³/mol. The highest BCUT2D eigenvalue weighted by molar-refractivity contribution is 9.10. The van der Waals surface area contributed by atoms with Gasteiger partial charge in [0.1, 0.15) is 5.52 Å². The molecular weight excluding hydrogens is 338 g/mol. The van der Waals surface area contributed by atoms with Crippen molar-refractivity contribution in [3.63, 3.8) is 0 Å². The predicted octanol–water partition coefficient (Wildman–Crippen LogP) is 4.45. The van der Waals surface area contributed by atoms with Crippen LogP contribution in [0.1, 0.15) is 12.6 Å². The first-order valence-electron chi connectivity index (χ1n) is 6.59. The van der Waals surface area contributed by atoms with Crippen molar-refractivity contribution in [1.82, 2.24) is 14.8 Å². The molecule has 0 radical (unpaired) electrons. The summed E-state index contributed by atoms with van der Waals surface area (Å²) in [5.41, 5.74) is 2.95. The van der Waals surface area contributed by atoms with Gasteiger partial charge in [-0.25, -0.2) is 0 Å². The van der Waals surface area contributed by atoms with Crippen molar-refractivity contribution in [1.29, 1.82) is 0 Å². The first-order chi connectivity index (χ1) is 9.56. The Bertz CT molecular complexity index is 717. The van der Waals surface area contributed by atoms with Crippen LogP contribution < -0.4 is 0 Å². The van der Waals surface area contributed by atoms with Gasteiger partial charge < -0.3 is 0 Å². The zero-order valence-corrected chi connectivity index (χ0v) is 13.7. The molecular formula is C15H15BrClN3. The average molecular weight is 353 g/mol. The second-order valence-corrected chi connectivity index (χ2v) is 6.54. The number of halogens is 2. The van der Waals surface area contributed by atoms with Crippen molar-refractivity contribution in [3.05, 3.63) is 45.7 Å². The summed E-state index contributed by atoms with van der Waals surface area (Å²) in [6, 6.07) is 2.06. The SMILES string of the molecule is Cc1nn(C[C@H]2C(Cl)=CC=CC2C)c2cc(Br)cnc12. The lowest BCUT2D eigenvalue weighted by atomic mass is 9.90. The van der Waals surface area contributed by atoms with Gasteiger partial charge in [0.05, 0.1) is 11.2 Å². The molecule has 0 saturated carbocycles. The van der Waals surface area contributed by atoms with Gasteiger partial charge in [-0.15, -0.1) is 0 Å². The maximum atomic E-state index is 6.36. The van der Waals surface area contributed by atoms with E-state index in [1.165, 1.54) is 0 Å². The first-order valence-corrected chi connectivity index (χ1v) is 7.76. The molecule has 0 fully saturated rings. The summed E-state index contributed by atoms with van der Waals surface area (Å²) in [4.78, 5) is 4.44. The fourth-order valence-corrected chi connectivity index (χ4v) is 3.26. The molecule has 0 aliphatic heterocycles. The normalized spacial score (nSPS) is 22.3. The minimum atomic E-state index is 0.267. The van der Waals surface area contributed by atoms with Crippen LogP contribution in [0.2, 0.25) is 0 Å². The quantitative estimate of drug-likeness (QED) is 0.799. The van der Waals surface area contributed by atoms with Crippen molar-refractivity contribution in [2.45, 2.75) is 20.4 Å². The van der Waals surface area contributed by atoms with Gasteiger partial charge >= 0.3 is 0 Å². The van der Waals surface area contributed by atoms with Crippen molar-refractivity contribution < 1.29 is 0 Å². The van der Waals surface area contributed by atoms with Crippen molar-refractivity contribution in [3.8, 4) is 0 Å². The Morgan fingerprint density at radius 2 is 2.25 bits per heavy atom. The van der Waals surface area contributed by atoms with E-state index in [9.17, 15) is 0 Å². The van der Waals surface area contributed by atoms with E-state index < -0.39 is 0 Å². The molecule has 2 atom stereocenters. The highest BCUT2D eigenvalue weighted by Gasteiger charge is 2.23. The molecule has 1 unspecified atom stereocenters. The number of pyridine rings is 1. The number of nitrogens with zero attached hydrogens (tertiary/aromatic N) is 3. The van der Waals surface area contributed by atoms with Crippen LogP contribution in [0.5, 0.6) is 0 Å². The van der Waals surface area contributed by atoms with E-state index >= 15 is 0 Å². The molecule has 1 aliphatic rings. The number of rotatable bonds is 2. The van der Waals surface area contributed by atoms with Crippen molar-refractivity contribution >= 4 is 38.6 Å². The Balaban J connectivity index is 2.01. The molecule has 0 saturated heterocycles. The molecule has 1 aliphatic carbocycles. The Kier molecular flexibility index (Phi) is 3.69. The standard InChI is InChI=1S/C15H15BrClN3/c1-9-4-3-5-13(17)12(9)8-20-14-6-11(16)7-18-15(14)10(2)19-20/h3-7,9,12H,8H2,1-2H3/t9?,12-/m1/s1. The maximum Gasteiger partial charge on any atom is 0.111 e. The molecule has 0 aromatic carbocycles. The van der Waals surface area contributed by atoms with E-state index in [0.717, 1.165) is 32.8 Å². The Morgan fingerprint density at radius 3 is 3.00 bits per heavy atom. The Hall–Kier alpha value is -1.13. The lowest BCUT2D eigenvalue weighted by Crippen LogP contribution is -2.20. The van der Waals surface area contributed by atoms with E-state index in [1.54, 1.807) is 6.20 Å². The van der Waals surface area contributed by atoms with Crippen LogP contribution in [0.15, 0.2) is 40.0 Å². The number of aryl methyl sites for hydroxylation is 1. The summed E-state index contributed by atoms with van der Waals surface area (Å²) >= 11 is 9.83. The molecule has 2 heterocycles. The lowest BCUT2D eigenvalue weighted by Gasteiger charge is -2.23. The van der Waals surface area contributed by atoms with Gasteiger partial charge in [0.2, 0.25) is 0 Å². The zero-order chi connectivity index (χ0) is 14.3. The number of aromatic nitrogens is 3. The molecule has 0 bridgehead atoms. The van der Waals surface area contributed by atoms with Gasteiger partial charge in [-0.2, -0.15) is 5.10 Å². The molecule has 104 valence electrons. The van der Waals surface area contributed by atoms with Crippen LogP contribution in [0.4, 0.5) is 0 Å². The van der Waals surface area contributed by atoms with Gasteiger partial charge in [-0.05, 0) is 40.9 Å². The first kappa shape index (κ1) is 13.8.